The summed E-state index contributed by atoms with van der Waals surface area (Å²) in [6, 6.07) is 27.6. The van der Waals surface area contributed by atoms with Gasteiger partial charge in [-0.1, -0.05) is 60.7 Å². The van der Waals surface area contributed by atoms with Crippen molar-refractivity contribution in [1.82, 2.24) is 9.21 Å². The van der Waals surface area contributed by atoms with Crippen LogP contribution in [-0.4, -0.2) is 69.0 Å². The van der Waals surface area contributed by atoms with Gasteiger partial charge in [-0.15, -0.1) is 12.4 Å². The molecule has 0 aliphatic carbocycles. The number of rotatable bonds is 9. The van der Waals surface area contributed by atoms with Crippen molar-refractivity contribution >= 4 is 34.0 Å². The van der Waals surface area contributed by atoms with Crippen LogP contribution in [0, 0.1) is 0 Å². The third-order valence-electron chi connectivity index (χ3n) is 7.63. The van der Waals surface area contributed by atoms with E-state index < -0.39 is 10.0 Å². The van der Waals surface area contributed by atoms with E-state index >= 15 is 0 Å². The van der Waals surface area contributed by atoms with Gasteiger partial charge in [0.15, 0.2) is 0 Å². The van der Waals surface area contributed by atoms with Crippen LogP contribution < -0.4 is 4.90 Å². The van der Waals surface area contributed by atoms with Crippen molar-refractivity contribution in [3.63, 3.8) is 0 Å². The third-order valence-corrected chi connectivity index (χ3v) is 9.55. The van der Waals surface area contributed by atoms with E-state index in [1.54, 1.807) is 12.1 Å². The second kappa shape index (κ2) is 14.2. The number of aryl methyl sites for hydroxylation is 1. The zero-order chi connectivity index (χ0) is 27.1. The van der Waals surface area contributed by atoms with Crippen LogP contribution in [-0.2, 0) is 32.5 Å². The first kappa shape index (κ1) is 30.2. The van der Waals surface area contributed by atoms with Gasteiger partial charge in [0.1, 0.15) is 0 Å². The second-order valence-electron chi connectivity index (χ2n) is 10.3. The number of hydrogen-bond donors (Lipinski definition) is 0. The van der Waals surface area contributed by atoms with Crippen LogP contribution in [0.4, 0.5) is 5.69 Å². The average Bonchev–Trinajstić information content (AvgIpc) is 2.99. The number of morpholine rings is 1. The molecule has 5 rings (SSSR count). The molecule has 2 heterocycles. The zero-order valence-corrected chi connectivity index (χ0v) is 24.4. The molecule has 40 heavy (non-hydrogen) atoms. The number of ether oxygens (including phenoxy) is 1. The van der Waals surface area contributed by atoms with Crippen LogP contribution in [0.5, 0.6) is 0 Å². The van der Waals surface area contributed by atoms with E-state index in [1.165, 1.54) is 9.87 Å². The highest BCUT2D eigenvalue weighted by atomic mass is 35.5. The Bertz CT molecular complexity index is 1310. The van der Waals surface area contributed by atoms with E-state index in [-0.39, 0.29) is 29.3 Å². The van der Waals surface area contributed by atoms with Gasteiger partial charge in [0.05, 0.1) is 18.1 Å². The Kier molecular flexibility index (Phi) is 10.8. The van der Waals surface area contributed by atoms with Gasteiger partial charge in [-0.2, -0.15) is 4.31 Å². The fourth-order valence-corrected chi connectivity index (χ4v) is 6.87. The van der Waals surface area contributed by atoms with Gasteiger partial charge in [0, 0.05) is 50.9 Å². The van der Waals surface area contributed by atoms with Crippen molar-refractivity contribution in [2.75, 3.05) is 44.3 Å². The first-order chi connectivity index (χ1) is 19.0. The van der Waals surface area contributed by atoms with Gasteiger partial charge in [-0.05, 0) is 54.7 Å². The van der Waals surface area contributed by atoms with Crippen molar-refractivity contribution in [3.8, 4) is 0 Å². The maximum atomic E-state index is 13.6. The number of sulfonamides is 1. The van der Waals surface area contributed by atoms with Crippen molar-refractivity contribution in [2.45, 2.75) is 43.2 Å². The maximum Gasteiger partial charge on any atom is 0.243 e. The van der Waals surface area contributed by atoms with Gasteiger partial charge in [0.2, 0.25) is 15.9 Å². The van der Waals surface area contributed by atoms with Crippen LogP contribution in [0.2, 0.25) is 0 Å². The molecule has 0 aromatic heterocycles. The van der Waals surface area contributed by atoms with Crippen LogP contribution in [0.1, 0.15) is 30.4 Å². The van der Waals surface area contributed by atoms with E-state index in [2.05, 4.69) is 29.2 Å². The first-order valence-electron chi connectivity index (χ1n) is 13.8. The number of carbonyl (C=O) groups is 1. The second-order valence-corrected chi connectivity index (χ2v) is 12.2. The predicted molar refractivity (Wildman–Crippen MR) is 160 cm³/mol. The Hall–Kier alpha value is -2.75. The maximum absolute atomic E-state index is 13.6. The number of likely N-dealkylation sites (tertiary alicyclic amines) is 1. The highest BCUT2D eigenvalue weighted by Gasteiger charge is 2.29. The van der Waals surface area contributed by atoms with E-state index in [9.17, 15) is 13.2 Å². The summed E-state index contributed by atoms with van der Waals surface area (Å²) in [4.78, 5) is 18.4. The Morgan fingerprint density at radius 2 is 1.40 bits per heavy atom. The molecule has 0 radical (unpaired) electrons. The number of carbonyl (C=O) groups excluding carboxylic acids is 1. The molecule has 3 aromatic carbocycles. The summed E-state index contributed by atoms with van der Waals surface area (Å²) in [5.74, 6) is 0.104. The minimum atomic E-state index is -3.52. The van der Waals surface area contributed by atoms with Crippen LogP contribution in [0.25, 0.3) is 0 Å². The number of anilines is 1. The topological polar surface area (TPSA) is 70.2 Å². The van der Waals surface area contributed by atoms with Crippen molar-refractivity contribution < 1.29 is 17.9 Å². The Morgan fingerprint density at radius 3 is 2.02 bits per heavy atom. The molecule has 3 aromatic rings. The van der Waals surface area contributed by atoms with Crippen molar-refractivity contribution in [2.24, 2.45) is 0 Å². The monoisotopic (exact) mass is 583 g/mol. The molecule has 0 atom stereocenters. The molecular formula is C31H38ClN3O4S. The molecule has 0 saturated carbocycles. The average molecular weight is 584 g/mol. The molecule has 2 fully saturated rings. The summed E-state index contributed by atoms with van der Waals surface area (Å²) < 4.78 is 32.6. The molecule has 2 saturated heterocycles. The number of hydrogen-bond acceptors (Lipinski definition) is 5. The summed E-state index contributed by atoms with van der Waals surface area (Å²) in [5, 5.41) is 0. The molecular weight excluding hydrogens is 546 g/mol. The van der Waals surface area contributed by atoms with Gasteiger partial charge in [-0.3, -0.25) is 9.69 Å². The minimum absolute atomic E-state index is 0. The number of piperidine rings is 1. The highest BCUT2D eigenvalue weighted by Crippen LogP contribution is 2.26. The van der Waals surface area contributed by atoms with Gasteiger partial charge in [-0.25, -0.2) is 8.42 Å². The van der Waals surface area contributed by atoms with Crippen LogP contribution >= 0.6 is 12.4 Å². The lowest BCUT2D eigenvalue weighted by atomic mass is 10.00. The number of para-hydroxylation sites is 1. The van der Waals surface area contributed by atoms with Crippen LogP contribution in [0.3, 0.4) is 0 Å². The fourth-order valence-electron chi connectivity index (χ4n) is 5.46. The molecule has 1 amide bonds. The molecule has 9 heteroatoms. The Labute approximate surface area is 244 Å². The predicted octanol–water partition coefficient (Wildman–Crippen LogP) is 4.76. The molecule has 0 spiro atoms. The minimum Gasteiger partial charge on any atom is -0.379 e. The standard InChI is InChI=1S/C31H37N3O4S.ClH/c35-31(16-13-26-11-14-30(15-12-26)39(36,37)33-21-23-38-24-22-33)34(28-9-5-2-6-10-28)29-17-19-32(20-18-29)25-27-7-3-1-4-8-27;/h1-12,14-15,29H,13,16-25H2;1H. The lowest BCUT2D eigenvalue weighted by Gasteiger charge is -2.38. The van der Waals surface area contributed by atoms with E-state index in [0.717, 1.165) is 43.7 Å². The number of nitrogens with zero attached hydrogens (tertiary/aromatic N) is 3. The van der Waals surface area contributed by atoms with Gasteiger partial charge >= 0.3 is 0 Å². The van der Waals surface area contributed by atoms with E-state index in [1.807, 2.05) is 53.4 Å². The largest absolute Gasteiger partial charge is 0.379 e. The SMILES string of the molecule is Cl.O=C(CCc1ccc(S(=O)(=O)N2CCOCC2)cc1)N(c1ccccc1)C1CCN(Cc2ccccc2)CC1. The smallest absolute Gasteiger partial charge is 0.243 e. The molecule has 0 N–H and O–H groups in total. The number of benzene rings is 3. The summed E-state index contributed by atoms with van der Waals surface area (Å²) in [5.41, 5.74) is 3.21. The lowest BCUT2D eigenvalue weighted by molar-refractivity contribution is -0.119. The summed E-state index contributed by atoms with van der Waals surface area (Å²) in [7, 11) is -3.52. The van der Waals surface area contributed by atoms with Gasteiger partial charge < -0.3 is 9.64 Å². The third kappa shape index (κ3) is 7.50. The Morgan fingerprint density at radius 1 is 0.800 bits per heavy atom. The highest BCUT2D eigenvalue weighted by molar-refractivity contribution is 7.89. The summed E-state index contributed by atoms with van der Waals surface area (Å²) in [6.07, 6.45) is 2.80. The summed E-state index contributed by atoms with van der Waals surface area (Å²) in [6.45, 7) is 4.43. The fraction of sp³-hybridized carbons (Fsp3) is 0.387. The normalized spacial score (nSPS) is 17.2. The molecule has 2 aliphatic rings. The van der Waals surface area contributed by atoms with Gasteiger partial charge in [0.25, 0.3) is 0 Å². The van der Waals surface area contributed by atoms with E-state index in [0.29, 0.717) is 39.1 Å². The molecule has 214 valence electrons. The molecule has 0 unspecified atom stereocenters. The first-order valence-corrected chi connectivity index (χ1v) is 15.2. The molecule has 7 nitrogen and oxygen atoms in total. The van der Waals surface area contributed by atoms with Crippen molar-refractivity contribution in [3.05, 3.63) is 96.1 Å². The van der Waals surface area contributed by atoms with Crippen molar-refractivity contribution in [1.29, 1.82) is 0 Å². The molecule has 2 aliphatic heterocycles. The zero-order valence-electron chi connectivity index (χ0n) is 22.7. The lowest BCUT2D eigenvalue weighted by Crippen LogP contribution is -2.47. The number of halogens is 1. The van der Waals surface area contributed by atoms with E-state index in [4.69, 9.17) is 4.74 Å². The molecule has 0 bridgehead atoms. The quantitative estimate of drug-likeness (QED) is 0.363. The number of amides is 1. The Balaban J connectivity index is 0.00000370. The summed E-state index contributed by atoms with van der Waals surface area (Å²) >= 11 is 0. The van der Waals surface area contributed by atoms with Crippen LogP contribution in [0.15, 0.2) is 89.8 Å².